The van der Waals surface area contributed by atoms with Crippen molar-refractivity contribution in [3.8, 4) is 0 Å². The van der Waals surface area contributed by atoms with Crippen LogP contribution in [0.15, 0.2) is 0 Å². The highest BCUT2D eigenvalue weighted by atomic mass is 16.2. The molecule has 1 aliphatic heterocycles. The van der Waals surface area contributed by atoms with Crippen molar-refractivity contribution in [2.45, 2.75) is 38.5 Å². The van der Waals surface area contributed by atoms with Gasteiger partial charge in [-0.3, -0.25) is 4.79 Å². The molecule has 1 heterocycles. The Hall–Kier alpha value is -0.570. The highest BCUT2D eigenvalue weighted by Gasteiger charge is 2.57. The largest absolute Gasteiger partial charge is 0.345 e. The van der Waals surface area contributed by atoms with Gasteiger partial charge < -0.3 is 10.6 Å². The lowest BCUT2D eigenvalue weighted by Crippen LogP contribution is -2.54. The number of hydrogen-bond acceptors (Lipinski definition) is 2. The number of amides is 1. The van der Waals surface area contributed by atoms with Gasteiger partial charge in [-0.1, -0.05) is 0 Å². The summed E-state index contributed by atoms with van der Waals surface area (Å²) in [4.78, 5) is 14.0. The number of carbonyl (C=O) groups excluding carboxylic acids is 1. The molecular formula is C16H26N2O. The van der Waals surface area contributed by atoms with Crippen LogP contribution >= 0.6 is 0 Å². The second kappa shape index (κ2) is 3.97. The van der Waals surface area contributed by atoms with Crippen LogP contribution in [0.4, 0.5) is 0 Å². The van der Waals surface area contributed by atoms with E-state index in [1.54, 1.807) is 0 Å². The molecule has 0 aromatic rings. The molecule has 1 atom stereocenters. The van der Waals surface area contributed by atoms with E-state index >= 15 is 0 Å². The summed E-state index contributed by atoms with van der Waals surface area (Å²) in [6.07, 6.45) is 7.92. The van der Waals surface area contributed by atoms with Crippen molar-refractivity contribution < 1.29 is 4.79 Å². The van der Waals surface area contributed by atoms with Gasteiger partial charge in [-0.25, -0.2) is 0 Å². The van der Waals surface area contributed by atoms with Crippen LogP contribution in [0.3, 0.4) is 0 Å². The summed E-state index contributed by atoms with van der Waals surface area (Å²) in [5.74, 6) is 4.81. The first-order valence-electron chi connectivity index (χ1n) is 8.05. The Bertz CT molecular complexity index is 380. The molecule has 5 aliphatic rings. The summed E-state index contributed by atoms with van der Waals surface area (Å²) in [6.45, 7) is 1.62. The standard InChI is InChI=1S/C16H26N2O/c1-18-9-16(8-17,7-14(18)19)15-12-3-10-2-11(5-12)6-13(15)4-10/h10-13,15H,2-9,17H2,1H3. The van der Waals surface area contributed by atoms with E-state index in [0.717, 1.165) is 36.1 Å². The van der Waals surface area contributed by atoms with Crippen LogP contribution in [-0.2, 0) is 4.79 Å². The van der Waals surface area contributed by atoms with Gasteiger partial charge in [-0.05, 0) is 61.7 Å². The van der Waals surface area contributed by atoms with E-state index in [9.17, 15) is 4.79 Å². The summed E-state index contributed by atoms with van der Waals surface area (Å²) in [7, 11) is 1.95. The van der Waals surface area contributed by atoms with E-state index in [4.69, 9.17) is 5.73 Å². The van der Waals surface area contributed by atoms with Gasteiger partial charge in [0.2, 0.25) is 5.91 Å². The average Bonchev–Trinajstić information content (AvgIpc) is 2.64. The molecule has 0 aromatic heterocycles. The topological polar surface area (TPSA) is 46.3 Å². The van der Waals surface area contributed by atoms with Crippen molar-refractivity contribution in [3.05, 3.63) is 0 Å². The Morgan fingerprint density at radius 2 is 1.74 bits per heavy atom. The molecule has 1 amide bonds. The second-order valence-electron chi connectivity index (χ2n) is 7.95. The van der Waals surface area contributed by atoms with Crippen LogP contribution in [0, 0.1) is 35.0 Å². The summed E-state index contributed by atoms with van der Waals surface area (Å²) in [5, 5.41) is 0. The molecule has 0 aromatic carbocycles. The maximum Gasteiger partial charge on any atom is 0.223 e. The second-order valence-corrected chi connectivity index (χ2v) is 7.95. The van der Waals surface area contributed by atoms with Gasteiger partial charge in [-0.15, -0.1) is 0 Å². The van der Waals surface area contributed by atoms with Gasteiger partial charge in [0.1, 0.15) is 0 Å². The SMILES string of the molecule is CN1CC(CN)(C2C3CC4CC(C3)CC2C4)CC1=O. The third kappa shape index (κ3) is 1.63. The fourth-order valence-electron chi connectivity index (χ4n) is 6.47. The lowest BCUT2D eigenvalue weighted by atomic mass is 9.46. The Kier molecular flexibility index (Phi) is 2.55. The smallest absolute Gasteiger partial charge is 0.223 e. The van der Waals surface area contributed by atoms with E-state index in [-0.39, 0.29) is 5.41 Å². The summed E-state index contributed by atoms with van der Waals surface area (Å²) in [6, 6.07) is 0. The highest BCUT2D eigenvalue weighted by molar-refractivity contribution is 5.79. The Morgan fingerprint density at radius 1 is 1.16 bits per heavy atom. The van der Waals surface area contributed by atoms with Crippen molar-refractivity contribution in [3.63, 3.8) is 0 Å². The van der Waals surface area contributed by atoms with Crippen molar-refractivity contribution in [2.24, 2.45) is 40.7 Å². The fraction of sp³-hybridized carbons (Fsp3) is 0.938. The van der Waals surface area contributed by atoms with E-state index in [0.29, 0.717) is 18.9 Å². The van der Waals surface area contributed by atoms with Crippen LogP contribution in [0.5, 0.6) is 0 Å². The van der Waals surface area contributed by atoms with Crippen LogP contribution in [0.25, 0.3) is 0 Å². The minimum atomic E-state index is 0.106. The molecule has 1 saturated heterocycles. The number of nitrogens with zero attached hydrogens (tertiary/aromatic N) is 1. The Morgan fingerprint density at radius 3 is 2.16 bits per heavy atom. The lowest BCUT2D eigenvalue weighted by molar-refractivity contribution is -0.127. The molecular weight excluding hydrogens is 236 g/mol. The van der Waals surface area contributed by atoms with Crippen molar-refractivity contribution >= 4 is 5.91 Å². The molecule has 19 heavy (non-hydrogen) atoms. The fourth-order valence-corrected chi connectivity index (χ4v) is 6.47. The first-order chi connectivity index (χ1) is 9.11. The predicted octanol–water partition coefficient (Wildman–Crippen LogP) is 1.87. The summed E-state index contributed by atoms with van der Waals surface area (Å²) in [5.41, 5.74) is 6.30. The van der Waals surface area contributed by atoms with Gasteiger partial charge in [0.15, 0.2) is 0 Å². The molecule has 5 fully saturated rings. The van der Waals surface area contributed by atoms with Crippen molar-refractivity contribution in [1.29, 1.82) is 0 Å². The van der Waals surface area contributed by atoms with Gasteiger partial charge in [-0.2, -0.15) is 0 Å². The quantitative estimate of drug-likeness (QED) is 0.825. The van der Waals surface area contributed by atoms with Crippen LogP contribution in [-0.4, -0.2) is 30.9 Å². The zero-order valence-corrected chi connectivity index (χ0v) is 12.0. The maximum absolute atomic E-state index is 12.1. The number of hydrogen-bond donors (Lipinski definition) is 1. The molecule has 0 spiro atoms. The molecule has 4 saturated carbocycles. The highest BCUT2D eigenvalue weighted by Crippen LogP contribution is 2.62. The Balaban J connectivity index is 1.66. The summed E-state index contributed by atoms with van der Waals surface area (Å²) < 4.78 is 0. The number of rotatable bonds is 2. The monoisotopic (exact) mass is 262 g/mol. The van der Waals surface area contributed by atoms with Crippen LogP contribution < -0.4 is 5.73 Å². The van der Waals surface area contributed by atoms with Crippen molar-refractivity contribution in [2.75, 3.05) is 20.1 Å². The predicted molar refractivity (Wildman–Crippen MR) is 74.3 cm³/mol. The van der Waals surface area contributed by atoms with E-state index in [2.05, 4.69) is 0 Å². The normalized spacial score (nSPS) is 52.2. The van der Waals surface area contributed by atoms with Crippen LogP contribution in [0.1, 0.15) is 38.5 Å². The minimum absolute atomic E-state index is 0.106. The zero-order valence-electron chi connectivity index (χ0n) is 12.0. The number of carbonyl (C=O) groups is 1. The first-order valence-corrected chi connectivity index (χ1v) is 8.05. The molecule has 3 nitrogen and oxygen atoms in total. The van der Waals surface area contributed by atoms with E-state index in [1.165, 1.54) is 32.1 Å². The summed E-state index contributed by atoms with van der Waals surface area (Å²) >= 11 is 0. The molecule has 1 unspecified atom stereocenters. The number of likely N-dealkylation sites (tertiary alicyclic amines) is 1. The minimum Gasteiger partial charge on any atom is -0.345 e. The van der Waals surface area contributed by atoms with Gasteiger partial charge in [0.25, 0.3) is 0 Å². The van der Waals surface area contributed by atoms with Gasteiger partial charge in [0, 0.05) is 32.0 Å². The number of nitrogens with two attached hydrogens (primary N) is 1. The van der Waals surface area contributed by atoms with E-state index < -0.39 is 0 Å². The third-order valence-corrected chi connectivity index (χ3v) is 6.82. The molecule has 4 aliphatic carbocycles. The van der Waals surface area contributed by atoms with Crippen molar-refractivity contribution in [1.82, 2.24) is 4.90 Å². The average molecular weight is 262 g/mol. The third-order valence-electron chi connectivity index (χ3n) is 6.82. The Labute approximate surface area is 115 Å². The molecule has 3 heteroatoms. The first kappa shape index (κ1) is 12.2. The van der Waals surface area contributed by atoms with Crippen LogP contribution in [0.2, 0.25) is 0 Å². The van der Waals surface area contributed by atoms with Gasteiger partial charge in [0.05, 0.1) is 0 Å². The molecule has 2 N–H and O–H groups in total. The van der Waals surface area contributed by atoms with E-state index in [1.807, 2.05) is 11.9 Å². The molecule has 4 bridgehead atoms. The lowest BCUT2D eigenvalue weighted by Gasteiger charge is -2.59. The zero-order chi connectivity index (χ0) is 13.2. The molecule has 0 radical (unpaired) electrons. The maximum atomic E-state index is 12.1. The molecule has 106 valence electrons. The molecule has 5 rings (SSSR count). The van der Waals surface area contributed by atoms with Gasteiger partial charge >= 0.3 is 0 Å².